The second kappa shape index (κ2) is 10.5. The second-order valence-corrected chi connectivity index (χ2v) is 1.18. The SMILES string of the molecule is CC.CCOC(C)=NC. The summed E-state index contributed by atoms with van der Waals surface area (Å²) in [4.78, 5) is 3.77. The molecule has 9 heavy (non-hydrogen) atoms. The average Bonchev–Trinajstić information content (AvgIpc) is 1.93. The molecule has 0 atom stereocenters. The van der Waals surface area contributed by atoms with E-state index in [1.54, 1.807) is 7.05 Å². The minimum atomic E-state index is 0.711. The maximum absolute atomic E-state index is 4.94. The van der Waals surface area contributed by atoms with Gasteiger partial charge in [-0.1, -0.05) is 13.8 Å². The fourth-order valence-corrected chi connectivity index (χ4v) is 0.273. The minimum absolute atomic E-state index is 0.711. The molecule has 0 aliphatic rings. The molecule has 0 aromatic carbocycles. The van der Waals surface area contributed by atoms with Gasteiger partial charge in [-0.05, 0) is 6.92 Å². The third-order valence-corrected chi connectivity index (χ3v) is 0.668. The molecule has 0 amide bonds. The molecule has 0 N–H and O–H groups in total. The molecular weight excluding hydrogens is 114 g/mol. The molecule has 0 aliphatic heterocycles. The summed E-state index contributed by atoms with van der Waals surface area (Å²) in [6.07, 6.45) is 0. The zero-order valence-electron chi connectivity index (χ0n) is 7.06. The van der Waals surface area contributed by atoms with Crippen molar-refractivity contribution in [1.82, 2.24) is 0 Å². The van der Waals surface area contributed by atoms with Crippen LogP contribution in [0.15, 0.2) is 4.99 Å². The Hall–Kier alpha value is -0.530. The predicted octanol–water partition coefficient (Wildman–Crippen LogP) is 2.10. The van der Waals surface area contributed by atoms with Crippen LogP contribution in [0.1, 0.15) is 27.7 Å². The maximum atomic E-state index is 4.94. The van der Waals surface area contributed by atoms with E-state index in [2.05, 4.69) is 4.99 Å². The summed E-state index contributed by atoms with van der Waals surface area (Å²) >= 11 is 0. The Balaban J connectivity index is 0. The van der Waals surface area contributed by atoms with E-state index in [0.29, 0.717) is 6.61 Å². The van der Waals surface area contributed by atoms with E-state index in [9.17, 15) is 0 Å². The van der Waals surface area contributed by atoms with Gasteiger partial charge in [-0.2, -0.15) is 0 Å². The van der Waals surface area contributed by atoms with Gasteiger partial charge in [0.1, 0.15) is 0 Å². The lowest BCUT2D eigenvalue weighted by molar-refractivity contribution is 0.324. The van der Waals surface area contributed by atoms with Crippen LogP contribution < -0.4 is 0 Å². The van der Waals surface area contributed by atoms with Gasteiger partial charge in [-0.15, -0.1) is 0 Å². The number of ether oxygens (including phenoxy) is 1. The van der Waals surface area contributed by atoms with Crippen LogP contribution in [0.5, 0.6) is 0 Å². The fraction of sp³-hybridized carbons (Fsp3) is 0.857. The normalized spacial score (nSPS) is 9.67. The van der Waals surface area contributed by atoms with Crippen LogP contribution in [0.3, 0.4) is 0 Å². The van der Waals surface area contributed by atoms with Gasteiger partial charge in [-0.25, -0.2) is 0 Å². The highest BCUT2D eigenvalue weighted by atomic mass is 16.5. The quantitative estimate of drug-likeness (QED) is 0.394. The van der Waals surface area contributed by atoms with Crippen molar-refractivity contribution in [2.24, 2.45) is 4.99 Å². The Morgan fingerprint density at radius 1 is 1.44 bits per heavy atom. The minimum Gasteiger partial charge on any atom is -0.482 e. The smallest absolute Gasteiger partial charge is 0.179 e. The first-order valence-corrected chi connectivity index (χ1v) is 3.37. The Morgan fingerprint density at radius 2 is 1.89 bits per heavy atom. The molecule has 0 saturated carbocycles. The van der Waals surface area contributed by atoms with Crippen molar-refractivity contribution in [1.29, 1.82) is 0 Å². The molecule has 56 valence electrons. The van der Waals surface area contributed by atoms with Crippen molar-refractivity contribution < 1.29 is 4.74 Å². The predicted molar refractivity (Wildman–Crippen MR) is 42.0 cm³/mol. The lowest BCUT2D eigenvalue weighted by Crippen LogP contribution is -1.96. The lowest BCUT2D eigenvalue weighted by atomic mass is 10.7. The molecule has 0 aromatic heterocycles. The molecule has 0 saturated heterocycles. The van der Waals surface area contributed by atoms with Crippen LogP contribution in [0.4, 0.5) is 0 Å². The fourth-order valence-electron chi connectivity index (χ4n) is 0.273. The maximum Gasteiger partial charge on any atom is 0.179 e. The Kier molecular flexibility index (Phi) is 13.1. The van der Waals surface area contributed by atoms with Gasteiger partial charge >= 0.3 is 0 Å². The van der Waals surface area contributed by atoms with Crippen LogP contribution in [-0.4, -0.2) is 19.6 Å². The number of aliphatic imine (C=N–C) groups is 1. The highest BCUT2D eigenvalue weighted by Crippen LogP contribution is 1.76. The van der Waals surface area contributed by atoms with Gasteiger partial charge in [0.05, 0.1) is 6.61 Å². The summed E-state index contributed by atoms with van der Waals surface area (Å²) in [5.41, 5.74) is 0. The molecule has 0 spiro atoms. The molecule has 0 radical (unpaired) electrons. The molecule has 0 heterocycles. The van der Waals surface area contributed by atoms with E-state index in [4.69, 9.17) is 4.74 Å². The summed E-state index contributed by atoms with van der Waals surface area (Å²) in [5.74, 6) is 0.752. The third-order valence-electron chi connectivity index (χ3n) is 0.668. The van der Waals surface area contributed by atoms with E-state index in [-0.39, 0.29) is 0 Å². The van der Waals surface area contributed by atoms with Crippen molar-refractivity contribution in [3.63, 3.8) is 0 Å². The number of rotatable bonds is 1. The van der Waals surface area contributed by atoms with Gasteiger partial charge in [0.15, 0.2) is 5.90 Å². The number of hydrogen-bond acceptors (Lipinski definition) is 2. The zero-order valence-corrected chi connectivity index (χ0v) is 7.06. The molecule has 0 aliphatic carbocycles. The van der Waals surface area contributed by atoms with Crippen LogP contribution in [-0.2, 0) is 4.74 Å². The summed E-state index contributed by atoms with van der Waals surface area (Å²) < 4.78 is 4.94. The number of nitrogens with zero attached hydrogens (tertiary/aromatic N) is 1. The molecule has 0 bridgehead atoms. The van der Waals surface area contributed by atoms with Crippen LogP contribution in [0, 0.1) is 0 Å². The van der Waals surface area contributed by atoms with E-state index >= 15 is 0 Å². The highest BCUT2D eigenvalue weighted by molar-refractivity contribution is 5.72. The Bertz CT molecular complexity index is 69.3. The molecule has 2 heteroatoms. The standard InChI is InChI=1S/C5H11NO.C2H6/c1-4-7-5(2)6-3;1-2/h4H2,1-3H3;1-2H3. The van der Waals surface area contributed by atoms with Crippen molar-refractivity contribution in [2.45, 2.75) is 27.7 Å². The van der Waals surface area contributed by atoms with Crippen LogP contribution in [0.2, 0.25) is 0 Å². The molecule has 0 rings (SSSR count). The summed E-state index contributed by atoms with van der Waals surface area (Å²) in [6, 6.07) is 0. The highest BCUT2D eigenvalue weighted by Gasteiger charge is 1.79. The number of hydrogen-bond donors (Lipinski definition) is 0. The van der Waals surface area contributed by atoms with Crippen LogP contribution in [0.25, 0.3) is 0 Å². The van der Waals surface area contributed by atoms with Gasteiger partial charge in [-0.3, -0.25) is 4.99 Å². The van der Waals surface area contributed by atoms with Crippen LogP contribution >= 0.6 is 0 Å². The zero-order chi connectivity index (χ0) is 7.70. The molecule has 0 fully saturated rings. The van der Waals surface area contributed by atoms with Gasteiger partial charge in [0.2, 0.25) is 0 Å². The Morgan fingerprint density at radius 3 is 2.00 bits per heavy atom. The van der Waals surface area contributed by atoms with Crippen molar-refractivity contribution in [3.05, 3.63) is 0 Å². The monoisotopic (exact) mass is 131 g/mol. The largest absolute Gasteiger partial charge is 0.482 e. The van der Waals surface area contributed by atoms with Gasteiger partial charge < -0.3 is 4.74 Å². The van der Waals surface area contributed by atoms with Crippen molar-refractivity contribution >= 4 is 5.90 Å². The lowest BCUT2D eigenvalue weighted by Gasteiger charge is -1.96. The van der Waals surface area contributed by atoms with E-state index in [0.717, 1.165) is 5.90 Å². The van der Waals surface area contributed by atoms with Gasteiger partial charge in [0.25, 0.3) is 0 Å². The molecule has 2 nitrogen and oxygen atoms in total. The first-order valence-electron chi connectivity index (χ1n) is 3.37. The van der Waals surface area contributed by atoms with Gasteiger partial charge in [0, 0.05) is 14.0 Å². The van der Waals surface area contributed by atoms with E-state index in [1.165, 1.54) is 0 Å². The summed E-state index contributed by atoms with van der Waals surface area (Å²) in [7, 11) is 1.71. The summed E-state index contributed by atoms with van der Waals surface area (Å²) in [6.45, 7) is 8.49. The first kappa shape index (κ1) is 11.3. The summed E-state index contributed by atoms with van der Waals surface area (Å²) in [5, 5.41) is 0. The first-order chi connectivity index (χ1) is 4.31. The molecular formula is C7H17NO. The van der Waals surface area contributed by atoms with E-state index < -0.39 is 0 Å². The third kappa shape index (κ3) is 11.2. The van der Waals surface area contributed by atoms with E-state index in [1.807, 2.05) is 27.7 Å². The second-order valence-electron chi connectivity index (χ2n) is 1.18. The van der Waals surface area contributed by atoms with Crippen molar-refractivity contribution in [2.75, 3.05) is 13.7 Å². The Labute approximate surface area is 57.9 Å². The van der Waals surface area contributed by atoms with Crippen molar-refractivity contribution in [3.8, 4) is 0 Å². The topological polar surface area (TPSA) is 21.6 Å². The average molecular weight is 131 g/mol. The molecule has 0 unspecified atom stereocenters. The molecule has 0 aromatic rings.